The van der Waals surface area contributed by atoms with Crippen molar-refractivity contribution in [2.75, 3.05) is 57.2 Å². The fourth-order valence-electron chi connectivity index (χ4n) is 5.64. The number of anilines is 1. The van der Waals surface area contributed by atoms with Crippen LogP contribution in [-0.4, -0.2) is 93.8 Å². The molecular formula is C28H37N5O6S3. The van der Waals surface area contributed by atoms with Crippen LogP contribution in [0.5, 0.6) is 5.88 Å². The van der Waals surface area contributed by atoms with Crippen LogP contribution in [0.2, 0.25) is 0 Å². The lowest BCUT2D eigenvalue weighted by molar-refractivity contribution is -0.118. The number of benzene rings is 1. The monoisotopic (exact) mass is 635 g/mol. The zero-order chi connectivity index (χ0) is 29.9. The summed E-state index contributed by atoms with van der Waals surface area (Å²) in [5.41, 5.74) is 1.44. The topological polar surface area (TPSA) is 139 Å². The van der Waals surface area contributed by atoms with Crippen molar-refractivity contribution in [3.63, 3.8) is 0 Å². The number of sulfonamides is 1. The average Bonchev–Trinajstić information content (AvgIpc) is 3.63. The van der Waals surface area contributed by atoms with Crippen molar-refractivity contribution in [3.8, 4) is 5.88 Å². The van der Waals surface area contributed by atoms with Crippen LogP contribution in [0.4, 0.5) is 5.13 Å². The Morgan fingerprint density at radius 3 is 2.36 bits per heavy atom. The molecule has 1 aromatic carbocycles. The molecule has 1 atom stereocenters. The van der Waals surface area contributed by atoms with Crippen molar-refractivity contribution < 1.29 is 26.4 Å². The summed E-state index contributed by atoms with van der Waals surface area (Å²) in [7, 11) is -5.25. The van der Waals surface area contributed by atoms with Crippen molar-refractivity contribution in [2.24, 2.45) is 5.92 Å². The molecule has 0 radical (unpaired) electrons. The predicted molar refractivity (Wildman–Crippen MR) is 163 cm³/mol. The number of aromatic nitrogens is 2. The first-order valence-electron chi connectivity index (χ1n) is 14.1. The van der Waals surface area contributed by atoms with Gasteiger partial charge in [-0.2, -0.15) is 4.31 Å². The number of nitrogens with one attached hydrogen (secondary N) is 1. The van der Waals surface area contributed by atoms with E-state index in [-0.39, 0.29) is 16.6 Å². The standard InChI is InChI=1S/C28H37N5O6S3/c1-39-25-12-11-24-27(30-25)40-28(29-24)31-26(34)23(19-20-5-3-4-6-20)21-7-9-22(10-8-21)42(37,38)33-15-13-32(14-16-33)17-18-41(2,35)36/h7-12,20,23H,3-6,13-19H2,1-2H3,(H,29,31,34). The molecule has 5 rings (SSSR count). The molecule has 1 aliphatic heterocycles. The molecule has 1 saturated heterocycles. The number of sulfone groups is 1. The number of carbonyl (C=O) groups is 1. The van der Waals surface area contributed by atoms with Crippen molar-refractivity contribution in [2.45, 2.75) is 42.9 Å². The molecule has 11 nitrogen and oxygen atoms in total. The number of rotatable bonds is 11. The van der Waals surface area contributed by atoms with E-state index in [1.807, 2.05) is 4.90 Å². The van der Waals surface area contributed by atoms with E-state index in [9.17, 15) is 21.6 Å². The Hall–Kier alpha value is -2.65. The third-order valence-electron chi connectivity index (χ3n) is 8.06. The van der Waals surface area contributed by atoms with E-state index in [2.05, 4.69) is 15.3 Å². The van der Waals surface area contributed by atoms with Crippen LogP contribution < -0.4 is 10.1 Å². The largest absolute Gasteiger partial charge is 0.481 e. The molecule has 1 aliphatic carbocycles. The van der Waals surface area contributed by atoms with E-state index < -0.39 is 25.8 Å². The van der Waals surface area contributed by atoms with E-state index >= 15 is 0 Å². The number of carbonyl (C=O) groups excluding carboxylic acids is 1. The number of fused-ring (bicyclic) bond motifs is 1. The molecule has 2 aromatic heterocycles. The zero-order valence-corrected chi connectivity index (χ0v) is 26.3. The van der Waals surface area contributed by atoms with Crippen LogP contribution in [0.1, 0.15) is 43.6 Å². The fraction of sp³-hybridized carbons (Fsp3) is 0.536. The first-order valence-corrected chi connectivity index (χ1v) is 18.5. The van der Waals surface area contributed by atoms with Gasteiger partial charge in [-0.1, -0.05) is 49.2 Å². The number of pyridine rings is 1. The lowest BCUT2D eigenvalue weighted by Gasteiger charge is -2.33. The summed E-state index contributed by atoms with van der Waals surface area (Å²) in [6.07, 6.45) is 6.36. The molecule has 1 N–H and O–H groups in total. The summed E-state index contributed by atoms with van der Waals surface area (Å²) >= 11 is 1.28. The van der Waals surface area contributed by atoms with Gasteiger partial charge < -0.3 is 10.1 Å². The van der Waals surface area contributed by atoms with Gasteiger partial charge in [0.05, 0.1) is 23.7 Å². The normalized spacial score (nSPS) is 18.3. The molecule has 14 heteroatoms. The number of amides is 1. The molecule has 0 spiro atoms. The molecule has 0 bridgehead atoms. The fourth-order valence-corrected chi connectivity index (χ4v) is 8.49. The molecule has 1 amide bonds. The molecule has 2 fully saturated rings. The average molecular weight is 636 g/mol. The SMILES string of the molecule is COc1ccc2nc(NC(=O)C(CC3CCCC3)c3ccc(S(=O)(=O)N4CCN(CCS(C)(=O)=O)CC4)cc3)sc2n1. The van der Waals surface area contributed by atoms with Crippen LogP contribution in [0.25, 0.3) is 10.3 Å². The molecule has 3 heterocycles. The maximum atomic E-state index is 13.6. The minimum atomic E-state index is -3.72. The maximum absolute atomic E-state index is 13.6. The predicted octanol–water partition coefficient (Wildman–Crippen LogP) is 3.35. The van der Waals surface area contributed by atoms with Gasteiger partial charge in [0.1, 0.15) is 20.2 Å². The highest BCUT2D eigenvalue weighted by Gasteiger charge is 2.31. The van der Waals surface area contributed by atoms with Gasteiger partial charge in [-0.25, -0.2) is 26.8 Å². The van der Waals surface area contributed by atoms with Crippen LogP contribution >= 0.6 is 11.3 Å². The Labute approximate surface area is 251 Å². The lowest BCUT2D eigenvalue weighted by atomic mass is 9.87. The number of thiazole rings is 1. The van der Waals surface area contributed by atoms with Crippen LogP contribution in [-0.2, 0) is 24.7 Å². The van der Waals surface area contributed by atoms with Crippen molar-refractivity contribution in [1.29, 1.82) is 0 Å². The summed E-state index contributed by atoms with van der Waals surface area (Å²) in [5.74, 6) is 0.351. The van der Waals surface area contributed by atoms with Crippen molar-refractivity contribution >= 4 is 52.6 Å². The summed E-state index contributed by atoms with van der Waals surface area (Å²) < 4.78 is 56.4. The molecule has 3 aromatic rings. The minimum Gasteiger partial charge on any atom is -0.481 e. The highest BCUT2D eigenvalue weighted by Crippen LogP contribution is 2.36. The van der Waals surface area contributed by atoms with E-state index in [0.717, 1.165) is 31.2 Å². The number of ether oxygens (including phenoxy) is 1. The number of piperazine rings is 1. The van der Waals surface area contributed by atoms with Gasteiger partial charge >= 0.3 is 0 Å². The van der Waals surface area contributed by atoms with Gasteiger partial charge in [0.15, 0.2) is 5.13 Å². The smallest absolute Gasteiger partial charge is 0.243 e. The van der Waals surface area contributed by atoms with Gasteiger partial charge in [-0.05, 0) is 36.1 Å². The lowest BCUT2D eigenvalue weighted by Crippen LogP contribution is -2.49. The number of nitrogens with zero attached hydrogens (tertiary/aromatic N) is 4. The van der Waals surface area contributed by atoms with Gasteiger partial charge in [-0.15, -0.1) is 0 Å². The highest BCUT2D eigenvalue weighted by molar-refractivity contribution is 7.90. The van der Waals surface area contributed by atoms with E-state index in [1.54, 1.807) is 43.5 Å². The quantitative estimate of drug-likeness (QED) is 0.336. The Morgan fingerprint density at radius 2 is 1.71 bits per heavy atom. The third kappa shape index (κ3) is 7.46. The molecule has 42 heavy (non-hydrogen) atoms. The van der Waals surface area contributed by atoms with Crippen LogP contribution in [0.3, 0.4) is 0 Å². The first kappa shape index (κ1) is 30.8. The summed E-state index contributed by atoms with van der Waals surface area (Å²) in [6.45, 7) is 1.94. The number of hydrogen-bond donors (Lipinski definition) is 1. The molecule has 228 valence electrons. The minimum absolute atomic E-state index is 0.0570. The second kappa shape index (κ2) is 12.9. The molecule has 1 saturated carbocycles. The Bertz CT molecular complexity index is 1610. The van der Waals surface area contributed by atoms with Crippen molar-refractivity contribution in [1.82, 2.24) is 19.2 Å². The summed E-state index contributed by atoms with van der Waals surface area (Å²) in [5, 5.41) is 3.44. The van der Waals surface area contributed by atoms with E-state index in [0.29, 0.717) is 66.4 Å². The third-order valence-corrected chi connectivity index (χ3v) is 11.8. The van der Waals surface area contributed by atoms with Gasteiger partial charge in [0, 0.05) is 45.0 Å². The van der Waals surface area contributed by atoms with Gasteiger partial charge in [0.2, 0.25) is 21.8 Å². The second-order valence-corrected chi connectivity index (χ2v) is 16.2. The Balaban J connectivity index is 1.29. The Kier molecular flexibility index (Phi) is 9.47. The van der Waals surface area contributed by atoms with Crippen LogP contribution in [0.15, 0.2) is 41.3 Å². The zero-order valence-electron chi connectivity index (χ0n) is 23.9. The molecule has 2 aliphatic rings. The highest BCUT2D eigenvalue weighted by atomic mass is 32.2. The number of methoxy groups -OCH3 is 1. The van der Waals surface area contributed by atoms with Crippen LogP contribution in [0, 0.1) is 5.92 Å². The van der Waals surface area contributed by atoms with Gasteiger partial charge in [0.25, 0.3) is 0 Å². The second-order valence-electron chi connectivity index (χ2n) is 11.1. The Morgan fingerprint density at radius 1 is 1.02 bits per heavy atom. The number of hydrogen-bond acceptors (Lipinski definition) is 10. The maximum Gasteiger partial charge on any atom is 0.243 e. The summed E-state index contributed by atoms with van der Waals surface area (Å²) in [4.78, 5) is 25.4. The molecular weight excluding hydrogens is 599 g/mol. The first-order chi connectivity index (χ1) is 20.0. The van der Waals surface area contributed by atoms with E-state index in [4.69, 9.17) is 4.74 Å². The summed E-state index contributed by atoms with van der Waals surface area (Å²) in [6, 6.07) is 10.2. The van der Waals surface area contributed by atoms with E-state index in [1.165, 1.54) is 21.9 Å². The van der Waals surface area contributed by atoms with Crippen molar-refractivity contribution in [3.05, 3.63) is 42.0 Å². The molecule has 1 unspecified atom stereocenters. The van der Waals surface area contributed by atoms with Gasteiger partial charge in [-0.3, -0.25) is 9.69 Å².